The summed E-state index contributed by atoms with van der Waals surface area (Å²) in [4.78, 5) is 0. The average Bonchev–Trinajstić information content (AvgIpc) is 3.20. The number of alkyl halides is 6. The molecule has 10 heteroatoms. The van der Waals surface area contributed by atoms with Gasteiger partial charge in [-0.1, -0.05) is 18.2 Å². The van der Waals surface area contributed by atoms with Crippen molar-refractivity contribution in [3.8, 4) is 0 Å². The smallest absolute Gasteiger partial charge is 0.223 e. The molecule has 0 unspecified atom stereocenters. The van der Waals surface area contributed by atoms with Gasteiger partial charge in [-0.3, -0.25) is 0 Å². The van der Waals surface area contributed by atoms with Gasteiger partial charge in [0.05, 0.1) is 0 Å². The first kappa shape index (κ1) is 13.6. The molecule has 2 saturated heterocycles. The van der Waals surface area contributed by atoms with E-state index in [0.29, 0.717) is 0 Å². The highest BCUT2D eigenvalue weighted by molar-refractivity contribution is 5.39. The van der Waals surface area contributed by atoms with Crippen molar-refractivity contribution in [1.82, 2.24) is 21.7 Å². The lowest BCUT2D eigenvalue weighted by Gasteiger charge is -2.20. The van der Waals surface area contributed by atoms with Crippen LogP contribution in [0, 0.1) is 0 Å². The molecule has 20 heavy (non-hydrogen) atoms. The Hall–Kier alpha value is -1.36. The molecule has 2 aliphatic rings. The van der Waals surface area contributed by atoms with Crippen LogP contribution in [0.1, 0.15) is 11.1 Å². The number of hydrogen-bond acceptors (Lipinski definition) is 4. The van der Waals surface area contributed by atoms with Gasteiger partial charge in [0.2, 0.25) is 11.3 Å². The monoisotopic (exact) mass is 298 g/mol. The van der Waals surface area contributed by atoms with Gasteiger partial charge in [0.1, 0.15) is 0 Å². The number of nitrogens with one attached hydrogen (secondary N) is 4. The molecule has 0 atom stereocenters. The first-order valence-electron chi connectivity index (χ1n) is 5.46. The molecule has 110 valence electrons. The maximum absolute atomic E-state index is 12.9. The van der Waals surface area contributed by atoms with Gasteiger partial charge in [-0.25, -0.2) is 21.7 Å². The van der Waals surface area contributed by atoms with Crippen LogP contribution in [-0.2, 0) is 11.3 Å². The average molecular weight is 298 g/mol. The lowest BCUT2D eigenvalue weighted by Crippen LogP contribution is -2.37. The minimum absolute atomic E-state index is 0.332. The first-order valence-corrected chi connectivity index (χ1v) is 5.46. The summed E-state index contributed by atoms with van der Waals surface area (Å²) < 4.78 is 77.3. The lowest BCUT2D eigenvalue weighted by molar-refractivity contribution is -0.166. The van der Waals surface area contributed by atoms with Crippen molar-refractivity contribution in [1.29, 1.82) is 0 Å². The summed E-state index contributed by atoms with van der Waals surface area (Å²) in [5, 5.41) is 0. The molecule has 0 saturated carbocycles. The molecule has 2 aliphatic heterocycles. The lowest BCUT2D eigenvalue weighted by atomic mass is 9.96. The van der Waals surface area contributed by atoms with Crippen LogP contribution < -0.4 is 21.7 Å². The second kappa shape index (κ2) is 3.64. The van der Waals surface area contributed by atoms with Crippen LogP contribution in [0.3, 0.4) is 0 Å². The Morgan fingerprint density at radius 2 is 1.05 bits per heavy atom. The zero-order chi connectivity index (χ0) is 14.8. The van der Waals surface area contributed by atoms with Gasteiger partial charge in [0.25, 0.3) is 0 Å². The third kappa shape index (κ3) is 1.72. The van der Waals surface area contributed by atoms with E-state index in [1.54, 1.807) is 0 Å². The van der Waals surface area contributed by atoms with E-state index in [1.165, 1.54) is 0 Å². The second-order valence-electron chi connectivity index (χ2n) is 4.58. The predicted molar refractivity (Wildman–Crippen MR) is 54.5 cm³/mol. The van der Waals surface area contributed by atoms with Crippen LogP contribution in [0.25, 0.3) is 0 Å². The number of benzene rings is 1. The Labute approximate surface area is 108 Å². The predicted octanol–water partition coefficient (Wildman–Crippen LogP) is 1.33. The molecule has 4 N–H and O–H groups in total. The molecule has 2 heterocycles. The van der Waals surface area contributed by atoms with Gasteiger partial charge in [0.15, 0.2) is 0 Å². The highest BCUT2D eigenvalue weighted by Gasteiger charge is 2.67. The summed E-state index contributed by atoms with van der Waals surface area (Å²) in [5.41, 5.74) is 2.15. The number of rotatable bonds is 2. The second-order valence-corrected chi connectivity index (χ2v) is 4.58. The summed E-state index contributed by atoms with van der Waals surface area (Å²) in [6.45, 7) is 0. The number of hydrogen-bond donors (Lipinski definition) is 4. The Balaban J connectivity index is 2.01. The summed E-state index contributed by atoms with van der Waals surface area (Å²) >= 11 is 0. The topological polar surface area (TPSA) is 87.8 Å². The van der Waals surface area contributed by atoms with Gasteiger partial charge >= 0.3 is 12.4 Å². The highest BCUT2D eigenvalue weighted by Crippen LogP contribution is 2.46. The van der Waals surface area contributed by atoms with Crippen molar-refractivity contribution in [3.05, 3.63) is 35.4 Å². The number of halogens is 6. The molecule has 4 nitrogen and oxygen atoms in total. The Morgan fingerprint density at radius 1 is 0.700 bits per heavy atom. The van der Waals surface area contributed by atoms with E-state index in [-0.39, 0.29) is 11.1 Å². The van der Waals surface area contributed by atoms with E-state index in [2.05, 4.69) is 0 Å². The van der Waals surface area contributed by atoms with Gasteiger partial charge in [-0.15, -0.1) is 0 Å². The van der Waals surface area contributed by atoms with E-state index in [0.717, 1.165) is 24.3 Å². The van der Waals surface area contributed by atoms with Crippen molar-refractivity contribution in [2.75, 3.05) is 0 Å². The van der Waals surface area contributed by atoms with Crippen molar-refractivity contribution < 1.29 is 26.3 Å². The maximum atomic E-state index is 12.9. The van der Waals surface area contributed by atoms with Gasteiger partial charge in [0, 0.05) is 0 Å². The fraction of sp³-hybridized carbons (Fsp3) is 0.400. The van der Waals surface area contributed by atoms with E-state index < -0.39 is 23.7 Å². The number of hydrazine groups is 2. The van der Waals surface area contributed by atoms with Gasteiger partial charge < -0.3 is 0 Å². The van der Waals surface area contributed by atoms with Crippen LogP contribution in [0.15, 0.2) is 24.3 Å². The first-order chi connectivity index (χ1) is 9.12. The van der Waals surface area contributed by atoms with E-state index in [9.17, 15) is 26.3 Å². The largest absolute Gasteiger partial charge is 0.426 e. The Morgan fingerprint density at radius 3 is 1.30 bits per heavy atom. The third-order valence-corrected chi connectivity index (χ3v) is 3.33. The highest BCUT2D eigenvalue weighted by atomic mass is 19.4. The fourth-order valence-corrected chi connectivity index (χ4v) is 2.01. The van der Waals surface area contributed by atoms with E-state index >= 15 is 0 Å². The standard InChI is InChI=1S/C10H8F6N4/c11-9(12,13)7(17-18-7)5-2-1-3-6(4-5)8(19-20-8)10(14,15)16/h1-4,17-20H. The fourth-order valence-electron chi connectivity index (χ4n) is 2.01. The Kier molecular flexibility index (Phi) is 2.48. The van der Waals surface area contributed by atoms with Crippen LogP contribution in [0.5, 0.6) is 0 Å². The van der Waals surface area contributed by atoms with Crippen molar-refractivity contribution in [2.45, 2.75) is 23.7 Å². The molecule has 0 aromatic heterocycles. The van der Waals surface area contributed by atoms with Crippen LogP contribution in [0.4, 0.5) is 26.3 Å². The van der Waals surface area contributed by atoms with Crippen LogP contribution in [0.2, 0.25) is 0 Å². The molecule has 2 fully saturated rings. The normalized spacial score (nSPS) is 23.5. The summed E-state index contributed by atoms with van der Waals surface area (Å²) in [5.74, 6) is 0. The summed E-state index contributed by atoms with van der Waals surface area (Å²) in [7, 11) is 0. The van der Waals surface area contributed by atoms with Crippen molar-refractivity contribution >= 4 is 0 Å². The molecule has 0 radical (unpaired) electrons. The Bertz CT molecular complexity index is 498. The third-order valence-electron chi connectivity index (χ3n) is 3.33. The molecule has 0 amide bonds. The molecule has 0 aliphatic carbocycles. The minimum Gasteiger partial charge on any atom is -0.223 e. The SMILES string of the molecule is FC(F)(F)C1(c2cccc(C3(C(F)(F)F)NN3)c2)NN1. The molecule has 3 rings (SSSR count). The molecular formula is C10H8F6N4. The van der Waals surface area contributed by atoms with Crippen molar-refractivity contribution in [3.63, 3.8) is 0 Å². The zero-order valence-corrected chi connectivity index (χ0v) is 9.58. The maximum Gasteiger partial charge on any atom is 0.426 e. The van der Waals surface area contributed by atoms with E-state index in [1.807, 2.05) is 21.7 Å². The summed E-state index contributed by atoms with van der Waals surface area (Å²) in [6, 6.07) is 4.23. The molecular weight excluding hydrogens is 290 g/mol. The van der Waals surface area contributed by atoms with E-state index in [4.69, 9.17) is 0 Å². The van der Waals surface area contributed by atoms with Crippen LogP contribution >= 0.6 is 0 Å². The zero-order valence-electron chi connectivity index (χ0n) is 9.58. The van der Waals surface area contributed by atoms with Crippen LogP contribution in [-0.4, -0.2) is 12.4 Å². The van der Waals surface area contributed by atoms with Crippen molar-refractivity contribution in [2.24, 2.45) is 0 Å². The molecule has 1 aromatic carbocycles. The molecule has 1 aromatic rings. The minimum atomic E-state index is -4.67. The molecule has 0 bridgehead atoms. The molecule has 0 spiro atoms. The summed E-state index contributed by atoms with van der Waals surface area (Å²) in [6.07, 6.45) is -9.33. The quantitative estimate of drug-likeness (QED) is 0.490. The van der Waals surface area contributed by atoms with Gasteiger partial charge in [-0.2, -0.15) is 26.3 Å². The van der Waals surface area contributed by atoms with Gasteiger partial charge in [-0.05, 0) is 17.2 Å².